The largest absolute Gasteiger partial charge is 0.383 e. The summed E-state index contributed by atoms with van der Waals surface area (Å²) >= 11 is 5.10. The van der Waals surface area contributed by atoms with E-state index in [0.717, 1.165) is 0 Å². The first-order valence-electron chi connectivity index (χ1n) is 5.35. The number of halogens is 1. The van der Waals surface area contributed by atoms with Gasteiger partial charge in [0.05, 0.1) is 6.61 Å². The topological polar surface area (TPSA) is 33.3 Å². The van der Waals surface area contributed by atoms with Crippen LogP contribution in [0.3, 0.4) is 0 Å². The van der Waals surface area contributed by atoms with E-state index in [1.165, 1.54) is 6.07 Å². The first kappa shape index (κ1) is 13.9. The van der Waals surface area contributed by atoms with E-state index >= 15 is 0 Å². The number of methoxy groups -OCH3 is 1. The molecule has 1 aromatic rings. The molecule has 0 aliphatic carbocycles. The summed E-state index contributed by atoms with van der Waals surface area (Å²) in [5.74, 6) is -0.247. The van der Waals surface area contributed by atoms with E-state index in [-0.39, 0.29) is 11.9 Å². The monoisotopic (exact) mass is 256 g/mol. The Morgan fingerprint density at radius 2 is 2.24 bits per heavy atom. The van der Waals surface area contributed by atoms with Gasteiger partial charge >= 0.3 is 0 Å². The Balaban J connectivity index is 2.53. The molecule has 0 fully saturated rings. The minimum absolute atomic E-state index is 0.107. The summed E-state index contributed by atoms with van der Waals surface area (Å²) in [5.41, 5.74) is 1.25. The number of ether oxygens (including phenoxy) is 1. The van der Waals surface area contributed by atoms with Crippen molar-refractivity contribution >= 4 is 23.0 Å². The number of thiocarbonyl (C=S) groups is 1. The second kappa shape index (κ2) is 6.51. The number of rotatable bonds is 4. The van der Waals surface area contributed by atoms with Crippen molar-refractivity contribution in [2.24, 2.45) is 0 Å². The van der Waals surface area contributed by atoms with Gasteiger partial charge in [0.15, 0.2) is 5.11 Å². The second-order valence-electron chi connectivity index (χ2n) is 3.92. The van der Waals surface area contributed by atoms with E-state index in [1.54, 1.807) is 26.2 Å². The molecule has 0 saturated heterocycles. The predicted octanol–water partition coefficient (Wildman–Crippen LogP) is 2.46. The molecule has 0 amide bonds. The fourth-order valence-corrected chi connectivity index (χ4v) is 1.67. The smallest absolute Gasteiger partial charge is 0.171 e. The third-order valence-electron chi connectivity index (χ3n) is 2.22. The van der Waals surface area contributed by atoms with Crippen LogP contribution in [0.2, 0.25) is 0 Å². The van der Waals surface area contributed by atoms with Crippen LogP contribution < -0.4 is 10.6 Å². The normalized spacial score (nSPS) is 12.0. The number of aryl methyl sites for hydroxylation is 1. The lowest BCUT2D eigenvalue weighted by Crippen LogP contribution is -2.38. The Bertz CT molecular complexity index is 398. The van der Waals surface area contributed by atoms with E-state index in [9.17, 15) is 4.39 Å². The van der Waals surface area contributed by atoms with Crippen molar-refractivity contribution in [3.8, 4) is 0 Å². The molecule has 1 atom stereocenters. The van der Waals surface area contributed by atoms with Crippen LogP contribution in [0.4, 0.5) is 10.1 Å². The zero-order valence-corrected chi connectivity index (χ0v) is 11.0. The lowest BCUT2D eigenvalue weighted by molar-refractivity contribution is 0.179. The van der Waals surface area contributed by atoms with Gasteiger partial charge in [-0.05, 0) is 43.8 Å². The van der Waals surface area contributed by atoms with Crippen LogP contribution >= 0.6 is 12.2 Å². The van der Waals surface area contributed by atoms with E-state index in [4.69, 9.17) is 17.0 Å². The van der Waals surface area contributed by atoms with Crippen molar-refractivity contribution in [2.75, 3.05) is 19.0 Å². The van der Waals surface area contributed by atoms with Crippen LogP contribution in [-0.2, 0) is 4.74 Å². The van der Waals surface area contributed by atoms with Crippen molar-refractivity contribution < 1.29 is 9.13 Å². The number of hydrogen-bond donors (Lipinski definition) is 2. The molecule has 0 radical (unpaired) electrons. The van der Waals surface area contributed by atoms with Gasteiger partial charge in [0.1, 0.15) is 5.82 Å². The zero-order valence-electron chi connectivity index (χ0n) is 10.2. The maximum atomic E-state index is 13.3. The van der Waals surface area contributed by atoms with Crippen LogP contribution in [0.15, 0.2) is 18.2 Å². The molecule has 1 aromatic carbocycles. The third kappa shape index (κ3) is 4.66. The lowest BCUT2D eigenvalue weighted by atomic mass is 10.2. The highest BCUT2D eigenvalue weighted by Gasteiger charge is 2.05. The fourth-order valence-electron chi connectivity index (χ4n) is 1.35. The Kier molecular flexibility index (Phi) is 5.31. The summed E-state index contributed by atoms with van der Waals surface area (Å²) in [6.07, 6.45) is 0. The molecule has 0 aliphatic heterocycles. The highest BCUT2D eigenvalue weighted by Crippen LogP contribution is 2.13. The summed E-state index contributed by atoms with van der Waals surface area (Å²) < 4.78 is 18.3. The lowest BCUT2D eigenvalue weighted by Gasteiger charge is -2.16. The molecule has 0 aromatic heterocycles. The number of anilines is 1. The molecule has 0 bridgehead atoms. The Hall–Kier alpha value is -1.20. The average Bonchev–Trinajstić information content (AvgIpc) is 2.23. The Morgan fingerprint density at radius 3 is 2.82 bits per heavy atom. The molecule has 5 heteroatoms. The van der Waals surface area contributed by atoms with E-state index in [0.29, 0.717) is 23.0 Å². The van der Waals surface area contributed by atoms with Crippen LogP contribution in [0, 0.1) is 12.7 Å². The molecule has 0 saturated carbocycles. The molecule has 0 aliphatic rings. The first-order valence-corrected chi connectivity index (χ1v) is 5.76. The molecule has 0 heterocycles. The quantitative estimate of drug-likeness (QED) is 0.811. The minimum Gasteiger partial charge on any atom is -0.383 e. The zero-order chi connectivity index (χ0) is 12.8. The SMILES string of the molecule is COCC(C)NC(=S)Nc1ccc(C)c(F)c1. The van der Waals surface area contributed by atoms with Gasteiger partial charge in [-0.3, -0.25) is 0 Å². The predicted molar refractivity (Wildman–Crippen MR) is 71.8 cm³/mol. The van der Waals surface area contributed by atoms with Gasteiger partial charge in [0.2, 0.25) is 0 Å². The van der Waals surface area contributed by atoms with Crippen molar-refractivity contribution in [1.82, 2.24) is 5.32 Å². The molecule has 94 valence electrons. The van der Waals surface area contributed by atoms with E-state index in [1.807, 2.05) is 6.92 Å². The maximum Gasteiger partial charge on any atom is 0.171 e. The summed E-state index contributed by atoms with van der Waals surface area (Å²) in [5, 5.41) is 6.42. The molecule has 1 unspecified atom stereocenters. The summed E-state index contributed by atoms with van der Waals surface area (Å²) in [6, 6.07) is 5.02. The van der Waals surface area contributed by atoms with Gasteiger partial charge in [0, 0.05) is 18.8 Å². The number of hydrogen-bond acceptors (Lipinski definition) is 2. The molecular weight excluding hydrogens is 239 g/mol. The molecule has 3 nitrogen and oxygen atoms in total. The molecular formula is C12H17FN2OS. The van der Waals surface area contributed by atoms with E-state index in [2.05, 4.69) is 10.6 Å². The molecule has 2 N–H and O–H groups in total. The van der Waals surface area contributed by atoms with Gasteiger partial charge in [-0.2, -0.15) is 0 Å². The molecule has 17 heavy (non-hydrogen) atoms. The van der Waals surface area contributed by atoms with Gasteiger partial charge in [0.25, 0.3) is 0 Å². The summed E-state index contributed by atoms with van der Waals surface area (Å²) in [6.45, 7) is 4.23. The third-order valence-corrected chi connectivity index (χ3v) is 2.44. The fraction of sp³-hybridized carbons (Fsp3) is 0.417. The number of nitrogens with one attached hydrogen (secondary N) is 2. The Labute approximate surface area is 106 Å². The van der Waals surface area contributed by atoms with Gasteiger partial charge in [-0.25, -0.2) is 4.39 Å². The van der Waals surface area contributed by atoms with Crippen molar-refractivity contribution in [3.05, 3.63) is 29.6 Å². The van der Waals surface area contributed by atoms with Crippen LogP contribution in [0.25, 0.3) is 0 Å². The standard InChI is InChI=1S/C12H17FN2OS/c1-8-4-5-10(6-11(8)13)15-12(17)14-9(2)7-16-3/h4-6,9H,7H2,1-3H3,(H2,14,15,17). The van der Waals surface area contributed by atoms with Crippen molar-refractivity contribution in [2.45, 2.75) is 19.9 Å². The first-order chi connectivity index (χ1) is 8.02. The minimum atomic E-state index is -0.247. The summed E-state index contributed by atoms with van der Waals surface area (Å²) in [4.78, 5) is 0. The maximum absolute atomic E-state index is 13.3. The van der Waals surface area contributed by atoms with Crippen LogP contribution in [0.1, 0.15) is 12.5 Å². The second-order valence-corrected chi connectivity index (χ2v) is 4.33. The summed E-state index contributed by atoms with van der Waals surface area (Å²) in [7, 11) is 1.63. The van der Waals surface area contributed by atoms with Gasteiger partial charge in [-0.1, -0.05) is 6.07 Å². The number of benzene rings is 1. The Morgan fingerprint density at radius 1 is 1.53 bits per heavy atom. The molecule has 0 spiro atoms. The average molecular weight is 256 g/mol. The van der Waals surface area contributed by atoms with Crippen molar-refractivity contribution in [3.63, 3.8) is 0 Å². The van der Waals surface area contributed by atoms with E-state index < -0.39 is 0 Å². The van der Waals surface area contributed by atoms with Gasteiger partial charge in [-0.15, -0.1) is 0 Å². The van der Waals surface area contributed by atoms with Gasteiger partial charge < -0.3 is 15.4 Å². The van der Waals surface area contributed by atoms with Crippen LogP contribution in [0.5, 0.6) is 0 Å². The van der Waals surface area contributed by atoms with Crippen molar-refractivity contribution in [1.29, 1.82) is 0 Å². The highest BCUT2D eigenvalue weighted by molar-refractivity contribution is 7.80. The van der Waals surface area contributed by atoms with Crippen LogP contribution in [-0.4, -0.2) is 24.9 Å². The highest BCUT2D eigenvalue weighted by atomic mass is 32.1. The molecule has 1 rings (SSSR count).